The third-order valence-electron chi connectivity index (χ3n) is 4.87. The highest BCUT2D eigenvalue weighted by Gasteiger charge is 2.47. The molecule has 1 fully saturated rings. The van der Waals surface area contributed by atoms with E-state index in [1.807, 2.05) is 0 Å². The number of rotatable bonds is 11. The highest BCUT2D eigenvalue weighted by Crippen LogP contribution is 2.30. The number of hydrogen-bond acceptors (Lipinski definition) is 8. The van der Waals surface area contributed by atoms with Crippen LogP contribution in [0.25, 0.3) is 0 Å². The summed E-state index contributed by atoms with van der Waals surface area (Å²) in [5.74, 6) is -0.409. The Morgan fingerprint density at radius 2 is 1.96 bits per heavy atom. The van der Waals surface area contributed by atoms with E-state index >= 15 is 0 Å². The summed E-state index contributed by atoms with van der Waals surface area (Å²) in [7, 11) is 0. The van der Waals surface area contributed by atoms with Gasteiger partial charge in [0.1, 0.15) is 18.0 Å². The molecule has 0 aliphatic carbocycles. The Morgan fingerprint density at radius 1 is 1.29 bits per heavy atom. The van der Waals surface area contributed by atoms with Gasteiger partial charge in [-0.25, -0.2) is 4.79 Å². The minimum Gasteiger partial charge on any atom is -0.457 e. The molecule has 2 rings (SSSR count). The fourth-order valence-electron chi connectivity index (χ4n) is 3.30. The summed E-state index contributed by atoms with van der Waals surface area (Å²) in [4.78, 5) is 27.7. The number of nitrogen functional groups attached to an aromatic ring is 1. The van der Waals surface area contributed by atoms with Crippen molar-refractivity contribution in [3.05, 3.63) is 22.7 Å². The molecule has 0 bridgehead atoms. The van der Waals surface area contributed by atoms with E-state index in [9.17, 15) is 19.8 Å². The van der Waals surface area contributed by atoms with Crippen molar-refractivity contribution in [2.75, 3.05) is 12.3 Å². The highest BCUT2D eigenvalue weighted by atomic mass is 16.6. The minimum atomic E-state index is -1.31. The monoisotopic (exact) mass is 397 g/mol. The van der Waals surface area contributed by atoms with Crippen LogP contribution < -0.4 is 11.4 Å². The maximum Gasteiger partial charge on any atom is 0.351 e. The number of carbonyl (C=O) groups is 1. The number of ether oxygens (including phenoxy) is 2. The van der Waals surface area contributed by atoms with Crippen molar-refractivity contribution in [1.29, 1.82) is 0 Å². The van der Waals surface area contributed by atoms with Gasteiger partial charge >= 0.3 is 11.7 Å². The molecule has 0 saturated carbocycles. The Bertz CT molecular complexity index is 680. The molecule has 1 aromatic heterocycles. The molecule has 158 valence electrons. The van der Waals surface area contributed by atoms with E-state index in [-0.39, 0.29) is 12.2 Å². The molecular formula is C19H31N3O6. The fourth-order valence-corrected chi connectivity index (χ4v) is 3.30. The van der Waals surface area contributed by atoms with Crippen molar-refractivity contribution in [2.45, 2.75) is 82.8 Å². The van der Waals surface area contributed by atoms with Crippen LogP contribution in [0.15, 0.2) is 17.1 Å². The normalized spacial score (nSPS) is 24.4. The van der Waals surface area contributed by atoms with Gasteiger partial charge in [-0.3, -0.25) is 9.36 Å². The molecule has 0 radical (unpaired) electrons. The van der Waals surface area contributed by atoms with Crippen LogP contribution in [-0.4, -0.2) is 50.7 Å². The molecular weight excluding hydrogens is 366 g/mol. The maximum absolute atomic E-state index is 12.1. The Balaban J connectivity index is 1.86. The van der Waals surface area contributed by atoms with E-state index in [0.717, 1.165) is 23.8 Å². The van der Waals surface area contributed by atoms with E-state index < -0.39 is 42.8 Å². The van der Waals surface area contributed by atoms with Crippen LogP contribution in [0.4, 0.5) is 5.82 Å². The summed E-state index contributed by atoms with van der Waals surface area (Å²) >= 11 is 0. The van der Waals surface area contributed by atoms with Gasteiger partial charge in [-0.1, -0.05) is 45.4 Å². The molecule has 0 unspecified atom stereocenters. The molecule has 4 atom stereocenters. The second-order valence-electron chi connectivity index (χ2n) is 7.11. The lowest BCUT2D eigenvalue weighted by Gasteiger charge is -2.20. The molecule has 0 aromatic carbocycles. The van der Waals surface area contributed by atoms with Gasteiger partial charge in [0.2, 0.25) is 0 Å². The first-order chi connectivity index (χ1) is 13.5. The standard InChI is InChI=1S/C19H31N3O6/c1-2-3-4-5-6-7-8-9-15(24)28-17-13(12-23)27-18(16(17)25)22-11-10-14(20)21-19(22)26/h10-11,13,16-18,23,25H,2-9,12H2,1H3,(H2,20,21,26)/t13-,16+,17-,18-/m1/s1. The van der Waals surface area contributed by atoms with Gasteiger partial charge in [-0.05, 0) is 12.5 Å². The SMILES string of the molecule is CCCCCCCCCC(=O)O[C@H]1[C@H](O)[C@H](n2ccc(N)nc2=O)O[C@@H]1CO. The van der Waals surface area contributed by atoms with Crippen molar-refractivity contribution in [1.82, 2.24) is 9.55 Å². The second-order valence-corrected chi connectivity index (χ2v) is 7.11. The number of aliphatic hydroxyl groups is 2. The first-order valence-electron chi connectivity index (χ1n) is 9.96. The van der Waals surface area contributed by atoms with Gasteiger partial charge in [-0.15, -0.1) is 0 Å². The first-order valence-corrected chi connectivity index (χ1v) is 9.96. The van der Waals surface area contributed by atoms with E-state index in [4.69, 9.17) is 15.2 Å². The fraction of sp³-hybridized carbons (Fsp3) is 0.737. The van der Waals surface area contributed by atoms with Gasteiger partial charge < -0.3 is 25.4 Å². The van der Waals surface area contributed by atoms with Gasteiger partial charge in [0, 0.05) is 12.6 Å². The molecule has 0 amide bonds. The van der Waals surface area contributed by atoms with Crippen molar-refractivity contribution < 1.29 is 24.5 Å². The molecule has 28 heavy (non-hydrogen) atoms. The van der Waals surface area contributed by atoms with Crippen LogP contribution in [0.1, 0.15) is 64.5 Å². The summed E-state index contributed by atoms with van der Waals surface area (Å²) in [5, 5.41) is 20.0. The largest absolute Gasteiger partial charge is 0.457 e. The molecule has 9 heteroatoms. The first kappa shape index (κ1) is 22.3. The van der Waals surface area contributed by atoms with Crippen LogP contribution >= 0.6 is 0 Å². The van der Waals surface area contributed by atoms with Crippen molar-refractivity contribution in [3.63, 3.8) is 0 Å². The lowest BCUT2D eigenvalue weighted by atomic mass is 10.1. The number of aliphatic hydroxyl groups excluding tert-OH is 2. The Labute approximate surface area is 164 Å². The summed E-state index contributed by atoms with van der Waals surface area (Å²) < 4.78 is 11.9. The van der Waals surface area contributed by atoms with Crippen LogP contribution in [0.5, 0.6) is 0 Å². The average Bonchev–Trinajstić information content (AvgIpc) is 2.97. The smallest absolute Gasteiger partial charge is 0.351 e. The zero-order valence-electron chi connectivity index (χ0n) is 16.3. The summed E-state index contributed by atoms with van der Waals surface area (Å²) in [5.41, 5.74) is 4.76. The summed E-state index contributed by atoms with van der Waals surface area (Å²) in [6.45, 7) is 1.71. The summed E-state index contributed by atoms with van der Waals surface area (Å²) in [6.07, 6.45) is 4.72. The van der Waals surface area contributed by atoms with Crippen LogP contribution in [-0.2, 0) is 14.3 Å². The Hall–Kier alpha value is -1.97. The Morgan fingerprint density at radius 3 is 2.61 bits per heavy atom. The second kappa shape index (κ2) is 11.1. The number of anilines is 1. The molecule has 0 spiro atoms. The molecule has 9 nitrogen and oxygen atoms in total. The van der Waals surface area contributed by atoms with Gasteiger partial charge in [0.15, 0.2) is 12.3 Å². The zero-order chi connectivity index (χ0) is 20.5. The van der Waals surface area contributed by atoms with E-state index in [0.29, 0.717) is 6.42 Å². The maximum atomic E-state index is 12.1. The van der Waals surface area contributed by atoms with Crippen molar-refractivity contribution in [3.8, 4) is 0 Å². The quantitative estimate of drug-likeness (QED) is 0.373. The number of aromatic nitrogens is 2. The van der Waals surface area contributed by atoms with E-state index in [1.165, 1.54) is 31.5 Å². The lowest BCUT2D eigenvalue weighted by molar-refractivity contribution is -0.156. The predicted molar refractivity (Wildman–Crippen MR) is 102 cm³/mol. The van der Waals surface area contributed by atoms with Crippen LogP contribution in [0.3, 0.4) is 0 Å². The minimum absolute atomic E-state index is 0.0464. The topological polar surface area (TPSA) is 137 Å². The Kier molecular flexibility index (Phi) is 8.88. The molecule has 1 aliphatic heterocycles. The van der Waals surface area contributed by atoms with E-state index in [1.54, 1.807) is 0 Å². The number of carbonyl (C=O) groups excluding carboxylic acids is 1. The molecule has 1 aromatic rings. The molecule has 1 saturated heterocycles. The number of nitrogens with two attached hydrogens (primary N) is 1. The number of esters is 1. The third kappa shape index (κ3) is 6.02. The predicted octanol–water partition coefficient (Wildman–Crippen LogP) is 1.13. The number of nitrogens with zero attached hydrogens (tertiary/aromatic N) is 2. The van der Waals surface area contributed by atoms with Crippen molar-refractivity contribution in [2.24, 2.45) is 0 Å². The van der Waals surface area contributed by atoms with E-state index in [2.05, 4.69) is 11.9 Å². The zero-order valence-corrected chi connectivity index (χ0v) is 16.3. The summed E-state index contributed by atoms with van der Waals surface area (Å²) in [6, 6.07) is 1.39. The third-order valence-corrected chi connectivity index (χ3v) is 4.87. The van der Waals surface area contributed by atoms with Crippen LogP contribution in [0.2, 0.25) is 0 Å². The lowest BCUT2D eigenvalue weighted by Crippen LogP contribution is -2.39. The van der Waals surface area contributed by atoms with Gasteiger partial charge in [0.25, 0.3) is 0 Å². The van der Waals surface area contributed by atoms with Gasteiger partial charge in [-0.2, -0.15) is 4.98 Å². The van der Waals surface area contributed by atoms with Crippen molar-refractivity contribution >= 4 is 11.8 Å². The number of unbranched alkanes of at least 4 members (excludes halogenated alkanes) is 6. The van der Waals surface area contributed by atoms with Gasteiger partial charge in [0.05, 0.1) is 6.61 Å². The number of hydrogen-bond donors (Lipinski definition) is 3. The van der Waals surface area contributed by atoms with Crippen LogP contribution in [0, 0.1) is 0 Å². The average molecular weight is 397 g/mol. The molecule has 2 heterocycles. The molecule has 4 N–H and O–H groups in total. The molecule has 1 aliphatic rings. The highest BCUT2D eigenvalue weighted by molar-refractivity contribution is 5.69.